The lowest BCUT2D eigenvalue weighted by atomic mass is 10.1. The number of ether oxygens (including phenoxy) is 2. The van der Waals surface area contributed by atoms with E-state index >= 15 is 0 Å². The molecule has 0 N–H and O–H groups in total. The average molecular weight is 344 g/mol. The summed E-state index contributed by atoms with van der Waals surface area (Å²) in [6, 6.07) is 0. The van der Waals surface area contributed by atoms with E-state index in [0.29, 0.717) is 24.0 Å². The van der Waals surface area contributed by atoms with E-state index in [1.54, 1.807) is 25.2 Å². The topological polar surface area (TPSA) is 69.7 Å². The summed E-state index contributed by atoms with van der Waals surface area (Å²) in [7, 11) is 1.33. The molecule has 0 amide bonds. The van der Waals surface area contributed by atoms with Gasteiger partial charge in [-0.25, -0.2) is 4.79 Å². The fourth-order valence-corrected chi connectivity index (χ4v) is 2.99. The van der Waals surface area contributed by atoms with Crippen molar-refractivity contribution in [1.82, 2.24) is 0 Å². The van der Waals surface area contributed by atoms with Gasteiger partial charge in [0.15, 0.2) is 5.78 Å². The van der Waals surface area contributed by atoms with Crippen molar-refractivity contribution in [3.8, 4) is 0 Å². The number of carbonyl (C=O) groups is 3. The van der Waals surface area contributed by atoms with Gasteiger partial charge in [0.05, 0.1) is 19.4 Å². The van der Waals surface area contributed by atoms with Gasteiger partial charge in [0.25, 0.3) is 0 Å². The lowest BCUT2D eigenvalue weighted by molar-refractivity contribution is -0.149. The van der Waals surface area contributed by atoms with Gasteiger partial charge in [-0.1, -0.05) is 30.9 Å². The molecule has 0 saturated heterocycles. The van der Waals surface area contributed by atoms with Crippen molar-refractivity contribution in [2.75, 3.05) is 7.11 Å². The zero-order valence-corrected chi connectivity index (χ0v) is 14.9. The largest absolute Gasteiger partial charge is 0.466 e. The molecule has 5 heteroatoms. The van der Waals surface area contributed by atoms with Gasteiger partial charge in [0.1, 0.15) is 6.10 Å². The first kappa shape index (κ1) is 18.9. The Morgan fingerprint density at radius 2 is 2.08 bits per heavy atom. The minimum absolute atomic E-state index is 0.00276. The molecular formula is C20H24O5. The zero-order valence-electron chi connectivity index (χ0n) is 14.9. The van der Waals surface area contributed by atoms with E-state index in [9.17, 15) is 14.4 Å². The number of hydrogen-bond acceptors (Lipinski definition) is 5. The number of Topliss-reactive ketones (excluding diaryl/α,β-unsaturated/α-hetero) is 1. The maximum absolute atomic E-state index is 12.3. The average Bonchev–Trinajstić information content (AvgIpc) is 3.30. The van der Waals surface area contributed by atoms with Gasteiger partial charge in [-0.15, -0.1) is 0 Å². The molecule has 0 aromatic heterocycles. The normalized spacial score (nSPS) is 26.1. The molecule has 1 saturated carbocycles. The Labute approximate surface area is 148 Å². The first-order valence-electron chi connectivity index (χ1n) is 8.36. The van der Waals surface area contributed by atoms with Crippen LogP contribution in [0.2, 0.25) is 0 Å². The van der Waals surface area contributed by atoms with E-state index in [-0.39, 0.29) is 30.0 Å². The number of hydrogen-bond donors (Lipinski definition) is 0. The Kier molecular flexibility index (Phi) is 6.12. The van der Waals surface area contributed by atoms with Crippen LogP contribution < -0.4 is 0 Å². The third-order valence-electron chi connectivity index (χ3n) is 4.63. The van der Waals surface area contributed by atoms with Crippen molar-refractivity contribution in [3.05, 3.63) is 47.6 Å². The van der Waals surface area contributed by atoms with Gasteiger partial charge < -0.3 is 9.47 Å². The molecule has 0 heterocycles. The van der Waals surface area contributed by atoms with Crippen LogP contribution in [-0.2, 0) is 23.9 Å². The fraction of sp³-hybridized carbons (Fsp3) is 0.450. The number of ketones is 1. The second-order valence-corrected chi connectivity index (χ2v) is 6.43. The predicted octanol–water partition coefficient (Wildman–Crippen LogP) is 3.08. The summed E-state index contributed by atoms with van der Waals surface area (Å²) >= 11 is 0. The number of allylic oxidation sites excluding steroid dienone is 5. The van der Waals surface area contributed by atoms with E-state index < -0.39 is 12.1 Å². The van der Waals surface area contributed by atoms with Gasteiger partial charge in [0, 0.05) is 11.1 Å². The van der Waals surface area contributed by atoms with Gasteiger partial charge >= 0.3 is 11.9 Å². The third-order valence-corrected chi connectivity index (χ3v) is 4.63. The van der Waals surface area contributed by atoms with Crippen LogP contribution in [0.4, 0.5) is 0 Å². The predicted molar refractivity (Wildman–Crippen MR) is 93.5 cm³/mol. The molecule has 0 aromatic carbocycles. The van der Waals surface area contributed by atoms with Gasteiger partial charge in [-0.2, -0.15) is 0 Å². The summed E-state index contributed by atoms with van der Waals surface area (Å²) in [6.45, 7) is 7.10. The Morgan fingerprint density at radius 3 is 2.72 bits per heavy atom. The SMILES string of the molecule is C=CC=CCC1=C(C)C(OC(=O)C2CC2C=C(C)C(=O)OC)CC1=O. The summed E-state index contributed by atoms with van der Waals surface area (Å²) in [5.41, 5.74) is 2.03. The molecule has 2 rings (SSSR count). The van der Waals surface area contributed by atoms with Crippen LogP contribution in [0.1, 0.15) is 33.1 Å². The van der Waals surface area contributed by atoms with Crippen LogP contribution in [0.15, 0.2) is 47.6 Å². The second kappa shape index (κ2) is 8.10. The van der Waals surface area contributed by atoms with E-state index in [0.717, 1.165) is 5.57 Å². The molecule has 25 heavy (non-hydrogen) atoms. The molecule has 3 unspecified atom stereocenters. The van der Waals surface area contributed by atoms with Crippen molar-refractivity contribution in [1.29, 1.82) is 0 Å². The molecule has 134 valence electrons. The van der Waals surface area contributed by atoms with Crippen LogP contribution in [-0.4, -0.2) is 30.9 Å². The van der Waals surface area contributed by atoms with Gasteiger partial charge in [0.2, 0.25) is 0 Å². The first-order valence-corrected chi connectivity index (χ1v) is 8.36. The summed E-state index contributed by atoms with van der Waals surface area (Å²) < 4.78 is 10.2. The van der Waals surface area contributed by atoms with Crippen molar-refractivity contribution in [2.45, 2.75) is 39.2 Å². The van der Waals surface area contributed by atoms with Gasteiger partial charge in [-0.3, -0.25) is 9.59 Å². The van der Waals surface area contributed by atoms with E-state index in [1.807, 2.05) is 13.0 Å². The maximum Gasteiger partial charge on any atom is 0.333 e. The fourth-order valence-electron chi connectivity index (χ4n) is 2.99. The third kappa shape index (κ3) is 4.56. The minimum Gasteiger partial charge on any atom is -0.466 e. The molecule has 0 spiro atoms. The van der Waals surface area contributed by atoms with Crippen molar-refractivity contribution < 1.29 is 23.9 Å². The van der Waals surface area contributed by atoms with Gasteiger partial charge in [-0.05, 0) is 38.2 Å². The van der Waals surface area contributed by atoms with E-state index in [4.69, 9.17) is 4.74 Å². The monoisotopic (exact) mass is 344 g/mol. The number of carbonyl (C=O) groups excluding carboxylic acids is 3. The molecular weight excluding hydrogens is 320 g/mol. The molecule has 1 fully saturated rings. The summed E-state index contributed by atoms with van der Waals surface area (Å²) in [5.74, 6) is -0.914. The molecule has 0 bridgehead atoms. The highest BCUT2D eigenvalue weighted by Crippen LogP contribution is 2.42. The lowest BCUT2D eigenvalue weighted by Gasteiger charge is -2.13. The van der Waals surface area contributed by atoms with Crippen LogP contribution >= 0.6 is 0 Å². The van der Waals surface area contributed by atoms with E-state index in [1.165, 1.54) is 7.11 Å². The molecule has 2 aliphatic rings. The molecule has 3 atom stereocenters. The zero-order chi connectivity index (χ0) is 18.6. The van der Waals surface area contributed by atoms with Crippen molar-refractivity contribution in [2.24, 2.45) is 11.8 Å². The Hall–Kier alpha value is -2.43. The number of methoxy groups -OCH3 is 1. The minimum atomic E-state index is -0.473. The molecule has 0 aromatic rings. The summed E-state index contributed by atoms with van der Waals surface area (Å²) in [5, 5.41) is 0. The van der Waals surface area contributed by atoms with Crippen LogP contribution in [0.25, 0.3) is 0 Å². The molecule has 5 nitrogen and oxygen atoms in total. The molecule has 0 radical (unpaired) electrons. The Balaban J connectivity index is 1.94. The summed E-state index contributed by atoms with van der Waals surface area (Å²) in [6.07, 6.45) is 7.99. The van der Waals surface area contributed by atoms with Crippen molar-refractivity contribution in [3.63, 3.8) is 0 Å². The van der Waals surface area contributed by atoms with Crippen LogP contribution in [0.5, 0.6) is 0 Å². The maximum atomic E-state index is 12.3. The molecule has 2 aliphatic carbocycles. The summed E-state index contributed by atoms with van der Waals surface area (Å²) in [4.78, 5) is 35.8. The van der Waals surface area contributed by atoms with Crippen LogP contribution in [0, 0.1) is 11.8 Å². The van der Waals surface area contributed by atoms with E-state index in [2.05, 4.69) is 11.3 Å². The standard InChI is InChI=1S/C20H24O5/c1-5-6-7-8-15-13(3)18(11-17(15)21)25-20(23)16-10-14(16)9-12(2)19(22)24-4/h5-7,9,14,16,18H,1,8,10-11H2,2-4H3. The lowest BCUT2D eigenvalue weighted by Crippen LogP contribution is -2.19. The molecule has 0 aliphatic heterocycles. The highest BCUT2D eigenvalue weighted by Gasteiger charge is 2.45. The first-order chi connectivity index (χ1) is 11.9. The number of rotatable bonds is 7. The highest BCUT2D eigenvalue weighted by atomic mass is 16.5. The number of esters is 2. The second-order valence-electron chi connectivity index (χ2n) is 6.43. The smallest absolute Gasteiger partial charge is 0.333 e. The highest BCUT2D eigenvalue weighted by molar-refractivity contribution is 6.00. The quantitative estimate of drug-likeness (QED) is 0.403. The Bertz CT molecular complexity index is 680. The van der Waals surface area contributed by atoms with Crippen molar-refractivity contribution >= 4 is 17.7 Å². The van der Waals surface area contributed by atoms with Crippen LogP contribution in [0.3, 0.4) is 0 Å². The Morgan fingerprint density at radius 1 is 1.36 bits per heavy atom.